The number of nitrogens with one attached hydrogen (secondary N) is 2. The molecule has 2 N–H and O–H groups in total. The minimum atomic E-state index is 0. The van der Waals surface area contributed by atoms with Crippen LogP contribution in [0.3, 0.4) is 0 Å². The third kappa shape index (κ3) is 5.48. The Hall–Kier alpha value is -1.30. The van der Waals surface area contributed by atoms with Crippen molar-refractivity contribution in [1.82, 2.24) is 5.32 Å². The van der Waals surface area contributed by atoms with Gasteiger partial charge in [0.15, 0.2) is 0 Å². The van der Waals surface area contributed by atoms with Gasteiger partial charge in [0, 0.05) is 13.7 Å². The number of methoxy groups -OCH3 is 1. The van der Waals surface area contributed by atoms with Crippen LogP contribution in [0.2, 0.25) is 0 Å². The molecule has 1 aromatic rings. The number of piperidine rings is 1. The van der Waals surface area contributed by atoms with Crippen molar-refractivity contribution in [1.29, 1.82) is 0 Å². The normalized spacial score (nSPS) is 17.5. The summed E-state index contributed by atoms with van der Waals surface area (Å²) in [7, 11) is 1.64. The van der Waals surface area contributed by atoms with Crippen LogP contribution in [0, 0.1) is 12.8 Å². The highest BCUT2D eigenvalue weighted by molar-refractivity contribution is 5.94. The number of amides is 1. The molecule has 1 aliphatic rings. The van der Waals surface area contributed by atoms with Crippen molar-refractivity contribution in [3.8, 4) is 5.75 Å². The lowest BCUT2D eigenvalue weighted by Crippen LogP contribution is -2.37. The third-order valence-electron chi connectivity index (χ3n) is 3.61. The second-order valence-corrected chi connectivity index (χ2v) is 5.37. The fraction of sp³-hybridized carbons (Fsp3) is 0.562. The zero-order chi connectivity index (χ0) is 15.1. The van der Waals surface area contributed by atoms with Crippen LogP contribution < -0.4 is 15.4 Å². The van der Waals surface area contributed by atoms with Gasteiger partial charge in [-0.3, -0.25) is 4.79 Å². The van der Waals surface area contributed by atoms with E-state index in [0.29, 0.717) is 19.0 Å². The minimum Gasteiger partial charge on any atom is -0.489 e. The molecule has 1 aromatic carbocycles. The molecule has 0 saturated carbocycles. The maximum absolute atomic E-state index is 12.3. The molecule has 0 bridgehead atoms. The summed E-state index contributed by atoms with van der Waals surface area (Å²) in [6.45, 7) is 4.73. The summed E-state index contributed by atoms with van der Waals surface area (Å²) >= 11 is 0. The van der Waals surface area contributed by atoms with Gasteiger partial charge in [-0.15, -0.1) is 12.4 Å². The largest absolute Gasteiger partial charge is 0.489 e. The van der Waals surface area contributed by atoms with Gasteiger partial charge in [-0.05, 0) is 44.0 Å². The predicted octanol–water partition coefficient (Wildman–Crippen LogP) is 2.38. The Kier molecular flexibility index (Phi) is 8.24. The lowest BCUT2D eigenvalue weighted by molar-refractivity contribution is -0.120. The average molecular weight is 329 g/mol. The predicted molar refractivity (Wildman–Crippen MR) is 90.0 cm³/mol. The molecule has 0 unspecified atom stereocenters. The zero-order valence-corrected chi connectivity index (χ0v) is 14.0. The summed E-state index contributed by atoms with van der Waals surface area (Å²) in [4.78, 5) is 12.3. The topological polar surface area (TPSA) is 59.6 Å². The third-order valence-corrected chi connectivity index (χ3v) is 3.61. The van der Waals surface area contributed by atoms with Crippen LogP contribution in [0.15, 0.2) is 18.2 Å². The number of hydrogen-bond acceptors (Lipinski definition) is 4. The van der Waals surface area contributed by atoms with E-state index in [1.54, 1.807) is 7.11 Å². The molecule has 5 nitrogen and oxygen atoms in total. The van der Waals surface area contributed by atoms with Gasteiger partial charge in [-0.1, -0.05) is 6.07 Å². The molecule has 1 aliphatic heterocycles. The summed E-state index contributed by atoms with van der Waals surface area (Å²) in [6.07, 6.45) is 1.98. The first-order valence-electron chi connectivity index (χ1n) is 7.44. The zero-order valence-electron chi connectivity index (χ0n) is 13.2. The van der Waals surface area contributed by atoms with Gasteiger partial charge >= 0.3 is 0 Å². The van der Waals surface area contributed by atoms with Gasteiger partial charge in [-0.25, -0.2) is 0 Å². The second kappa shape index (κ2) is 9.66. The Balaban J connectivity index is 0.00000242. The van der Waals surface area contributed by atoms with E-state index in [2.05, 4.69) is 10.6 Å². The monoisotopic (exact) mass is 328 g/mol. The molecule has 0 spiro atoms. The van der Waals surface area contributed by atoms with E-state index in [4.69, 9.17) is 9.47 Å². The van der Waals surface area contributed by atoms with Gasteiger partial charge in [0.25, 0.3) is 0 Å². The number of carbonyl (C=O) groups excluding carboxylic acids is 1. The van der Waals surface area contributed by atoms with Crippen LogP contribution >= 0.6 is 12.4 Å². The van der Waals surface area contributed by atoms with Crippen molar-refractivity contribution in [2.45, 2.75) is 19.8 Å². The van der Waals surface area contributed by atoms with Crippen LogP contribution in [0.4, 0.5) is 5.69 Å². The van der Waals surface area contributed by atoms with Crippen molar-refractivity contribution < 1.29 is 14.3 Å². The van der Waals surface area contributed by atoms with Crippen molar-refractivity contribution in [2.24, 2.45) is 5.92 Å². The lowest BCUT2D eigenvalue weighted by Gasteiger charge is -2.22. The molecule has 124 valence electrons. The Morgan fingerprint density at radius 1 is 1.41 bits per heavy atom. The van der Waals surface area contributed by atoms with Gasteiger partial charge in [0.05, 0.1) is 18.2 Å². The Morgan fingerprint density at radius 2 is 2.23 bits per heavy atom. The van der Waals surface area contributed by atoms with Gasteiger partial charge < -0.3 is 20.1 Å². The molecule has 6 heteroatoms. The van der Waals surface area contributed by atoms with E-state index in [1.165, 1.54) is 0 Å². The number of ether oxygens (including phenoxy) is 2. The fourth-order valence-electron chi connectivity index (χ4n) is 2.40. The molecule has 1 saturated heterocycles. The minimum absolute atomic E-state index is 0. The van der Waals surface area contributed by atoms with E-state index in [0.717, 1.165) is 37.2 Å². The van der Waals surface area contributed by atoms with Crippen LogP contribution in [0.25, 0.3) is 0 Å². The molecule has 1 amide bonds. The molecular formula is C16H25ClN2O3. The molecule has 22 heavy (non-hydrogen) atoms. The first-order chi connectivity index (χ1) is 10.2. The molecule has 1 heterocycles. The van der Waals surface area contributed by atoms with E-state index in [-0.39, 0.29) is 24.2 Å². The number of anilines is 1. The van der Waals surface area contributed by atoms with Crippen molar-refractivity contribution in [2.75, 3.05) is 38.7 Å². The summed E-state index contributed by atoms with van der Waals surface area (Å²) in [5, 5.41) is 6.25. The average Bonchev–Trinajstić information content (AvgIpc) is 2.51. The Bertz CT molecular complexity index is 476. The van der Waals surface area contributed by atoms with E-state index in [9.17, 15) is 4.79 Å². The Morgan fingerprint density at radius 3 is 2.91 bits per heavy atom. The second-order valence-electron chi connectivity index (χ2n) is 5.37. The smallest absolute Gasteiger partial charge is 0.228 e. The highest BCUT2D eigenvalue weighted by Gasteiger charge is 2.21. The quantitative estimate of drug-likeness (QED) is 0.787. The maximum Gasteiger partial charge on any atom is 0.228 e. The highest BCUT2D eigenvalue weighted by Crippen LogP contribution is 2.26. The van der Waals surface area contributed by atoms with Crippen molar-refractivity contribution in [3.05, 3.63) is 23.8 Å². The number of hydrogen-bond donors (Lipinski definition) is 2. The van der Waals surface area contributed by atoms with Gasteiger partial charge in [0.2, 0.25) is 5.91 Å². The first kappa shape index (κ1) is 18.7. The Labute approximate surface area is 138 Å². The van der Waals surface area contributed by atoms with Crippen molar-refractivity contribution in [3.63, 3.8) is 0 Å². The van der Waals surface area contributed by atoms with Crippen LogP contribution in [0.1, 0.15) is 18.4 Å². The molecule has 0 radical (unpaired) electrons. The molecule has 2 rings (SSSR count). The highest BCUT2D eigenvalue weighted by atomic mass is 35.5. The molecule has 1 atom stereocenters. The van der Waals surface area contributed by atoms with E-state index >= 15 is 0 Å². The molecule has 0 aromatic heterocycles. The number of halogens is 1. The molecule has 1 fully saturated rings. The lowest BCUT2D eigenvalue weighted by atomic mass is 9.98. The van der Waals surface area contributed by atoms with E-state index in [1.807, 2.05) is 25.1 Å². The first-order valence-corrected chi connectivity index (χ1v) is 7.44. The fourth-order valence-corrected chi connectivity index (χ4v) is 2.40. The maximum atomic E-state index is 12.3. The summed E-state index contributed by atoms with van der Waals surface area (Å²) in [5.74, 6) is 0.790. The van der Waals surface area contributed by atoms with Crippen LogP contribution in [-0.4, -0.2) is 39.3 Å². The van der Waals surface area contributed by atoms with Gasteiger partial charge in [-0.2, -0.15) is 0 Å². The summed E-state index contributed by atoms with van der Waals surface area (Å²) in [6, 6.07) is 5.80. The van der Waals surface area contributed by atoms with Gasteiger partial charge in [0.1, 0.15) is 12.4 Å². The molecule has 0 aliphatic carbocycles. The standard InChI is InChI=1S/C16H24N2O3.ClH/c1-12-5-6-14(15(10-12)21-9-8-20-2)18-16(19)13-4-3-7-17-11-13;/h5-6,10,13,17H,3-4,7-9,11H2,1-2H3,(H,18,19);1H/t13-;/m1./s1. The summed E-state index contributed by atoms with van der Waals surface area (Å²) < 4.78 is 10.7. The number of benzene rings is 1. The van der Waals surface area contributed by atoms with E-state index < -0.39 is 0 Å². The number of carbonyl (C=O) groups is 1. The SMILES string of the molecule is COCCOc1cc(C)ccc1NC(=O)[C@@H]1CCCNC1.Cl. The van der Waals surface area contributed by atoms with Crippen LogP contribution in [-0.2, 0) is 9.53 Å². The van der Waals surface area contributed by atoms with Crippen LogP contribution in [0.5, 0.6) is 5.75 Å². The number of rotatable bonds is 6. The van der Waals surface area contributed by atoms with Crippen molar-refractivity contribution >= 4 is 24.0 Å². The summed E-state index contributed by atoms with van der Waals surface area (Å²) in [5.41, 5.74) is 1.83. The number of aryl methyl sites for hydroxylation is 1. The molecular weight excluding hydrogens is 304 g/mol.